The van der Waals surface area contributed by atoms with Crippen LogP contribution in [0.15, 0.2) is 53.3 Å². The van der Waals surface area contributed by atoms with Gasteiger partial charge >= 0.3 is 5.97 Å². The van der Waals surface area contributed by atoms with Crippen molar-refractivity contribution in [3.63, 3.8) is 0 Å². The predicted molar refractivity (Wildman–Crippen MR) is 98.4 cm³/mol. The summed E-state index contributed by atoms with van der Waals surface area (Å²) in [5.74, 6) is 0.497. The molecule has 0 radical (unpaired) electrons. The van der Waals surface area contributed by atoms with Gasteiger partial charge in [-0.3, -0.25) is 4.79 Å². The molecule has 2 aromatic carbocycles. The van der Waals surface area contributed by atoms with E-state index in [4.69, 9.17) is 9.47 Å². The summed E-state index contributed by atoms with van der Waals surface area (Å²) in [6.45, 7) is 5.53. The van der Waals surface area contributed by atoms with E-state index in [9.17, 15) is 9.59 Å². The number of H-pyrrole nitrogens is 1. The van der Waals surface area contributed by atoms with Gasteiger partial charge in [0.1, 0.15) is 5.75 Å². The Morgan fingerprint density at radius 1 is 1.04 bits per heavy atom. The molecule has 0 amide bonds. The van der Waals surface area contributed by atoms with E-state index in [1.54, 1.807) is 55.5 Å². The second-order valence-electron chi connectivity index (χ2n) is 6.21. The fraction of sp³-hybridized carbons (Fsp3) is 0.250. The Hall–Kier alpha value is -3.15. The number of carbonyl (C=O) groups excluding carboxylic acids is 1. The maximum Gasteiger partial charge on any atom is 0.338 e. The van der Waals surface area contributed by atoms with Crippen LogP contribution in [0.25, 0.3) is 10.9 Å². The number of aromatic amines is 1. The van der Waals surface area contributed by atoms with Gasteiger partial charge in [0, 0.05) is 0 Å². The van der Waals surface area contributed by atoms with Crippen LogP contribution in [0.5, 0.6) is 5.75 Å². The molecule has 6 nitrogen and oxygen atoms in total. The molecule has 0 spiro atoms. The number of aromatic nitrogens is 2. The van der Waals surface area contributed by atoms with Crippen molar-refractivity contribution in [2.24, 2.45) is 0 Å². The monoisotopic (exact) mass is 352 g/mol. The van der Waals surface area contributed by atoms with Crippen LogP contribution in [-0.2, 0) is 4.74 Å². The van der Waals surface area contributed by atoms with Gasteiger partial charge in [-0.2, -0.15) is 0 Å². The minimum Gasteiger partial charge on any atom is -0.491 e. The third-order valence-corrected chi connectivity index (χ3v) is 3.76. The Morgan fingerprint density at radius 2 is 1.73 bits per heavy atom. The summed E-state index contributed by atoms with van der Waals surface area (Å²) in [7, 11) is 0. The van der Waals surface area contributed by atoms with Crippen LogP contribution < -0.4 is 10.3 Å². The molecular weight excluding hydrogens is 332 g/mol. The van der Waals surface area contributed by atoms with Crippen LogP contribution in [0.4, 0.5) is 0 Å². The number of nitrogens with one attached hydrogen (secondary N) is 1. The maximum absolute atomic E-state index is 12.3. The molecule has 0 aliphatic rings. The normalized spacial score (nSPS) is 12.2. The topological polar surface area (TPSA) is 81.3 Å². The first-order valence-electron chi connectivity index (χ1n) is 8.40. The van der Waals surface area contributed by atoms with Crippen molar-refractivity contribution >= 4 is 16.9 Å². The quantitative estimate of drug-likeness (QED) is 0.709. The van der Waals surface area contributed by atoms with Gasteiger partial charge in [0.25, 0.3) is 5.56 Å². The van der Waals surface area contributed by atoms with Crippen LogP contribution in [0.3, 0.4) is 0 Å². The SMILES string of the molecule is CC(C)Oc1ccc(C(=O)O[C@@H](C)c2nc3ccccc3c(=O)[nH]2)cc1. The van der Waals surface area contributed by atoms with Gasteiger partial charge in [-0.25, -0.2) is 9.78 Å². The summed E-state index contributed by atoms with van der Waals surface area (Å²) in [4.78, 5) is 31.5. The lowest BCUT2D eigenvalue weighted by atomic mass is 10.2. The van der Waals surface area contributed by atoms with Gasteiger partial charge in [-0.15, -0.1) is 0 Å². The molecule has 1 atom stereocenters. The van der Waals surface area contributed by atoms with Gasteiger partial charge in [0.05, 0.1) is 22.6 Å². The highest BCUT2D eigenvalue weighted by Crippen LogP contribution is 2.19. The van der Waals surface area contributed by atoms with E-state index in [-0.39, 0.29) is 11.7 Å². The van der Waals surface area contributed by atoms with E-state index in [1.807, 2.05) is 13.8 Å². The number of ether oxygens (including phenoxy) is 2. The zero-order chi connectivity index (χ0) is 18.7. The number of carbonyl (C=O) groups is 1. The van der Waals surface area contributed by atoms with Crippen molar-refractivity contribution in [3.05, 3.63) is 70.3 Å². The molecule has 1 N–H and O–H groups in total. The van der Waals surface area contributed by atoms with Crippen LogP contribution in [0.1, 0.15) is 43.1 Å². The number of para-hydroxylation sites is 1. The zero-order valence-electron chi connectivity index (χ0n) is 14.9. The zero-order valence-corrected chi connectivity index (χ0v) is 14.9. The van der Waals surface area contributed by atoms with Crippen LogP contribution in [0, 0.1) is 0 Å². The van der Waals surface area contributed by atoms with Gasteiger partial charge in [-0.05, 0) is 57.2 Å². The first-order valence-corrected chi connectivity index (χ1v) is 8.40. The molecule has 26 heavy (non-hydrogen) atoms. The molecule has 0 bridgehead atoms. The summed E-state index contributed by atoms with van der Waals surface area (Å²) in [5, 5.41) is 0.496. The summed E-state index contributed by atoms with van der Waals surface area (Å²) in [6.07, 6.45) is -0.630. The Labute approximate surface area is 150 Å². The molecular formula is C20H20N2O4. The van der Waals surface area contributed by atoms with Crippen molar-refractivity contribution in [1.29, 1.82) is 0 Å². The smallest absolute Gasteiger partial charge is 0.338 e. The molecule has 0 fully saturated rings. The number of rotatable bonds is 5. The third-order valence-electron chi connectivity index (χ3n) is 3.76. The number of fused-ring (bicyclic) bond motifs is 1. The molecule has 3 rings (SSSR count). The number of nitrogens with zero attached hydrogens (tertiary/aromatic N) is 1. The molecule has 3 aromatic rings. The summed E-state index contributed by atoms with van der Waals surface area (Å²) < 4.78 is 11.0. The Balaban J connectivity index is 1.76. The lowest BCUT2D eigenvalue weighted by Crippen LogP contribution is -2.17. The standard InChI is InChI=1S/C20H20N2O4/c1-12(2)25-15-10-8-14(9-11-15)20(24)26-13(3)18-21-17-7-5-4-6-16(17)19(23)22-18/h4-13H,1-3H3,(H,21,22,23)/t13-/m0/s1. The molecule has 1 heterocycles. The summed E-state index contributed by atoms with van der Waals surface area (Å²) >= 11 is 0. The Morgan fingerprint density at radius 3 is 2.42 bits per heavy atom. The Bertz CT molecular complexity index is 977. The molecule has 0 aliphatic heterocycles. The van der Waals surface area contributed by atoms with E-state index in [2.05, 4.69) is 9.97 Å². The number of benzene rings is 2. The molecule has 0 saturated carbocycles. The van der Waals surface area contributed by atoms with E-state index in [0.717, 1.165) is 0 Å². The Kier molecular flexibility index (Phi) is 5.02. The minimum atomic E-state index is -0.689. The summed E-state index contributed by atoms with van der Waals surface area (Å²) in [6, 6.07) is 13.7. The highest BCUT2D eigenvalue weighted by atomic mass is 16.5. The number of esters is 1. The van der Waals surface area contributed by atoms with Crippen molar-refractivity contribution in [2.75, 3.05) is 0 Å². The first kappa shape index (κ1) is 17.7. The molecule has 6 heteroatoms. The third kappa shape index (κ3) is 3.91. The highest BCUT2D eigenvalue weighted by molar-refractivity contribution is 5.89. The van der Waals surface area contributed by atoms with E-state index in [1.165, 1.54) is 0 Å². The minimum absolute atomic E-state index is 0.0589. The lowest BCUT2D eigenvalue weighted by molar-refractivity contribution is 0.0320. The fourth-order valence-electron chi connectivity index (χ4n) is 2.52. The van der Waals surface area contributed by atoms with Crippen LogP contribution >= 0.6 is 0 Å². The predicted octanol–water partition coefficient (Wildman–Crippen LogP) is 3.63. The van der Waals surface area contributed by atoms with E-state index in [0.29, 0.717) is 28.0 Å². The molecule has 0 unspecified atom stereocenters. The van der Waals surface area contributed by atoms with Crippen molar-refractivity contribution in [2.45, 2.75) is 33.0 Å². The average molecular weight is 352 g/mol. The summed E-state index contributed by atoms with van der Waals surface area (Å²) in [5.41, 5.74) is 0.698. The number of hydrogen-bond donors (Lipinski definition) is 1. The fourth-order valence-corrected chi connectivity index (χ4v) is 2.52. The van der Waals surface area contributed by atoms with E-state index < -0.39 is 12.1 Å². The number of hydrogen-bond acceptors (Lipinski definition) is 5. The average Bonchev–Trinajstić information content (AvgIpc) is 2.61. The van der Waals surface area contributed by atoms with Crippen LogP contribution in [0.2, 0.25) is 0 Å². The van der Waals surface area contributed by atoms with Crippen LogP contribution in [-0.4, -0.2) is 22.0 Å². The largest absolute Gasteiger partial charge is 0.491 e. The van der Waals surface area contributed by atoms with Crippen molar-refractivity contribution < 1.29 is 14.3 Å². The second-order valence-corrected chi connectivity index (χ2v) is 6.21. The van der Waals surface area contributed by atoms with Crippen molar-refractivity contribution in [3.8, 4) is 5.75 Å². The molecule has 0 aliphatic carbocycles. The van der Waals surface area contributed by atoms with Crippen molar-refractivity contribution in [1.82, 2.24) is 9.97 Å². The van der Waals surface area contributed by atoms with Gasteiger partial charge in [0.2, 0.25) is 0 Å². The van der Waals surface area contributed by atoms with Gasteiger partial charge in [0.15, 0.2) is 11.9 Å². The first-order chi connectivity index (χ1) is 12.4. The van der Waals surface area contributed by atoms with Gasteiger partial charge < -0.3 is 14.5 Å². The molecule has 0 saturated heterocycles. The lowest BCUT2D eigenvalue weighted by Gasteiger charge is -2.14. The second kappa shape index (κ2) is 7.39. The molecule has 1 aromatic heterocycles. The molecule has 134 valence electrons. The maximum atomic E-state index is 12.3. The van der Waals surface area contributed by atoms with Gasteiger partial charge in [-0.1, -0.05) is 12.1 Å². The van der Waals surface area contributed by atoms with E-state index >= 15 is 0 Å². The highest BCUT2D eigenvalue weighted by Gasteiger charge is 2.17.